The first-order valence-electron chi connectivity index (χ1n) is 7.16. The van der Waals surface area contributed by atoms with Gasteiger partial charge in [0.1, 0.15) is 0 Å². The van der Waals surface area contributed by atoms with Crippen molar-refractivity contribution in [1.29, 1.82) is 0 Å². The smallest absolute Gasteiger partial charge is 0.214 e. The molecule has 126 valence electrons. The maximum atomic E-state index is 13.1. The molecule has 2 aromatic heterocycles. The molecule has 0 fully saturated rings. The van der Waals surface area contributed by atoms with Crippen molar-refractivity contribution in [2.45, 2.75) is 23.3 Å². The van der Waals surface area contributed by atoms with Gasteiger partial charge in [-0.2, -0.15) is 0 Å². The second-order valence-corrected chi connectivity index (χ2v) is 7.54. The van der Waals surface area contributed by atoms with Crippen LogP contribution in [-0.4, -0.2) is 30.1 Å². The molecule has 0 spiro atoms. The quantitative estimate of drug-likeness (QED) is 0.733. The van der Waals surface area contributed by atoms with Gasteiger partial charge in [-0.15, -0.1) is 5.10 Å². The van der Waals surface area contributed by atoms with Crippen molar-refractivity contribution in [3.8, 4) is 0 Å². The molecular formula is C15H16ClN5O2S. The van der Waals surface area contributed by atoms with Crippen LogP contribution in [0.3, 0.4) is 0 Å². The maximum absolute atomic E-state index is 13.1. The molecule has 0 amide bonds. The van der Waals surface area contributed by atoms with E-state index in [0.717, 1.165) is 0 Å². The van der Waals surface area contributed by atoms with Crippen LogP contribution in [0.5, 0.6) is 0 Å². The topological polar surface area (TPSA) is 102 Å². The zero-order valence-electron chi connectivity index (χ0n) is 13.1. The van der Waals surface area contributed by atoms with E-state index in [0.29, 0.717) is 16.4 Å². The van der Waals surface area contributed by atoms with Crippen molar-refractivity contribution in [3.05, 3.63) is 46.7 Å². The number of hydrogen-bond acceptors (Lipinski definition) is 6. The average Bonchev–Trinajstić information content (AvgIpc) is 2.93. The number of anilines is 1. The average molecular weight is 366 g/mol. The van der Waals surface area contributed by atoms with E-state index in [-0.39, 0.29) is 27.8 Å². The summed E-state index contributed by atoms with van der Waals surface area (Å²) in [6.45, 7) is 1.99. The third kappa shape index (κ3) is 2.62. The van der Waals surface area contributed by atoms with Crippen LogP contribution < -0.4 is 11.1 Å². The van der Waals surface area contributed by atoms with Gasteiger partial charge in [0, 0.05) is 24.3 Å². The van der Waals surface area contributed by atoms with Crippen molar-refractivity contribution in [2.24, 2.45) is 5.73 Å². The van der Waals surface area contributed by atoms with Gasteiger partial charge in [0.25, 0.3) is 0 Å². The van der Waals surface area contributed by atoms with Gasteiger partial charge in [-0.3, -0.25) is 0 Å². The lowest BCUT2D eigenvalue weighted by Gasteiger charge is -2.06. The van der Waals surface area contributed by atoms with Crippen LogP contribution in [0.1, 0.15) is 11.4 Å². The van der Waals surface area contributed by atoms with E-state index in [2.05, 4.69) is 15.4 Å². The largest absolute Gasteiger partial charge is 0.370 e. The van der Waals surface area contributed by atoms with Gasteiger partial charge in [-0.1, -0.05) is 17.7 Å². The Hall–Kier alpha value is -2.16. The van der Waals surface area contributed by atoms with E-state index in [9.17, 15) is 8.42 Å². The van der Waals surface area contributed by atoms with Crippen molar-refractivity contribution < 1.29 is 8.42 Å². The van der Waals surface area contributed by atoms with E-state index in [1.807, 2.05) is 0 Å². The number of aromatic nitrogens is 3. The third-order valence-electron chi connectivity index (χ3n) is 3.57. The van der Waals surface area contributed by atoms with Gasteiger partial charge in [-0.25, -0.2) is 17.9 Å². The molecule has 0 aliphatic carbocycles. The number of benzene rings is 1. The SMILES string of the molecule is CNc1nn2c(CN)cc(C)nc2c1S(=O)(=O)c1cccc(Cl)c1. The molecule has 0 aliphatic rings. The lowest BCUT2D eigenvalue weighted by molar-refractivity contribution is 0.597. The summed E-state index contributed by atoms with van der Waals surface area (Å²) < 4.78 is 27.7. The fourth-order valence-electron chi connectivity index (χ4n) is 2.50. The van der Waals surface area contributed by atoms with Crippen LogP contribution in [0, 0.1) is 6.92 Å². The molecule has 0 saturated carbocycles. The molecule has 3 N–H and O–H groups in total. The minimum atomic E-state index is -3.86. The highest BCUT2D eigenvalue weighted by Crippen LogP contribution is 2.32. The number of nitrogens with one attached hydrogen (secondary N) is 1. The Balaban J connectivity index is 2.38. The second-order valence-electron chi connectivity index (χ2n) is 5.22. The normalized spacial score (nSPS) is 11.8. The van der Waals surface area contributed by atoms with Gasteiger partial charge < -0.3 is 11.1 Å². The first-order valence-corrected chi connectivity index (χ1v) is 9.02. The number of nitrogens with two attached hydrogens (primary N) is 1. The molecule has 0 bridgehead atoms. The Bertz CT molecular complexity index is 1030. The van der Waals surface area contributed by atoms with E-state index in [4.69, 9.17) is 17.3 Å². The standard InChI is InChI=1S/C15H16ClN5O2S/c1-9-6-11(8-17)21-15(19-9)13(14(18-2)20-21)24(22,23)12-5-3-4-10(16)7-12/h3-7H,8,17H2,1-2H3,(H,18,20). The first-order chi connectivity index (χ1) is 11.4. The van der Waals surface area contributed by atoms with Crippen LogP contribution in [0.25, 0.3) is 5.65 Å². The predicted molar refractivity (Wildman–Crippen MR) is 92.1 cm³/mol. The summed E-state index contributed by atoms with van der Waals surface area (Å²) in [5.41, 5.74) is 7.31. The molecule has 2 heterocycles. The van der Waals surface area contributed by atoms with Gasteiger partial charge in [0.05, 0.1) is 10.6 Å². The number of hydrogen-bond donors (Lipinski definition) is 2. The summed E-state index contributed by atoms with van der Waals surface area (Å²) in [5.74, 6) is 0.211. The van der Waals surface area contributed by atoms with Crippen LogP contribution in [0.4, 0.5) is 5.82 Å². The Morgan fingerprint density at radius 2 is 2.08 bits per heavy atom. The molecular weight excluding hydrogens is 350 g/mol. The fourth-order valence-corrected chi connectivity index (χ4v) is 4.30. The number of fused-ring (bicyclic) bond motifs is 1. The zero-order valence-corrected chi connectivity index (χ0v) is 14.7. The number of halogens is 1. The maximum Gasteiger partial charge on any atom is 0.214 e. The van der Waals surface area contributed by atoms with Gasteiger partial charge in [0.15, 0.2) is 16.4 Å². The lowest BCUT2D eigenvalue weighted by atomic mass is 10.3. The highest BCUT2D eigenvalue weighted by atomic mass is 35.5. The Morgan fingerprint density at radius 1 is 1.33 bits per heavy atom. The summed E-state index contributed by atoms with van der Waals surface area (Å²) in [5, 5.41) is 7.47. The Labute approximate surface area is 144 Å². The number of nitrogens with zero attached hydrogens (tertiary/aromatic N) is 3. The monoisotopic (exact) mass is 365 g/mol. The molecule has 3 aromatic rings. The number of rotatable bonds is 4. The Kier molecular flexibility index (Phi) is 4.20. The zero-order chi connectivity index (χ0) is 17.5. The van der Waals surface area contributed by atoms with Crippen molar-refractivity contribution in [2.75, 3.05) is 12.4 Å². The molecule has 3 rings (SSSR count). The minimum absolute atomic E-state index is 0.00525. The summed E-state index contributed by atoms with van der Waals surface area (Å²) in [6.07, 6.45) is 0. The highest BCUT2D eigenvalue weighted by Gasteiger charge is 2.29. The molecule has 0 atom stereocenters. The summed E-state index contributed by atoms with van der Waals surface area (Å²) in [4.78, 5) is 4.45. The number of aryl methyl sites for hydroxylation is 1. The minimum Gasteiger partial charge on any atom is -0.370 e. The number of sulfone groups is 1. The highest BCUT2D eigenvalue weighted by molar-refractivity contribution is 7.91. The van der Waals surface area contributed by atoms with E-state index in [1.165, 1.54) is 16.6 Å². The summed E-state index contributed by atoms with van der Waals surface area (Å²) in [7, 11) is -2.26. The fraction of sp³-hybridized carbons (Fsp3) is 0.200. The predicted octanol–water partition coefficient (Wildman–Crippen LogP) is 2.02. The summed E-state index contributed by atoms with van der Waals surface area (Å²) in [6, 6.07) is 7.87. The van der Waals surface area contributed by atoms with Gasteiger partial charge in [0.2, 0.25) is 9.84 Å². The van der Waals surface area contributed by atoms with E-state index >= 15 is 0 Å². The summed E-state index contributed by atoms with van der Waals surface area (Å²) >= 11 is 5.94. The molecule has 9 heteroatoms. The van der Waals surface area contributed by atoms with Crippen LogP contribution in [0.15, 0.2) is 40.1 Å². The molecule has 0 radical (unpaired) electrons. The van der Waals surface area contributed by atoms with Crippen LogP contribution >= 0.6 is 11.6 Å². The van der Waals surface area contributed by atoms with Crippen molar-refractivity contribution in [3.63, 3.8) is 0 Å². The molecule has 0 saturated heterocycles. The van der Waals surface area contributed by atoms with Crippen molar-refractivity contribution in [1.82, 2.24) is 14.6 Å². The third-order valence-corrected chi connectivity index (χ3v) is 5.59. The molecule has 24 heavy (non-hydrogen) atoms. The molecule has 7 nitrogen and oxygen atoms in total. The van der Waals surface area contributed by atoms with Crippen LogP contribution in [-0.2, 0) is 16.4 Å². The Morgan fingerprint density at radius 3 is 2.71 bits per heavy atom. The van der Waals surface area contributed by atoms with Gasteiger partial charge >= 0.3 is 0 Å². The lowest BCUT2D eigenvalue weighted by Crippen LogP contribution is -2.08. The molecule has 0 unspecified atom stereocenters. The molecule has 0 aliphatic heterocycles. The molecule has 1 aromatic carbocycles. The van der Waals surface area contributed by atoms with Crippen LogP contribution in [0.2, 0.25) is 5.02 Å². The second kappa shape index (κ2) is 6.04. The van der Waals surface area contributed by atoms with E-state index < -0.39 is 9.84 Å². The van der Waals surface area contributed by atoms with Gasteiger partial charge in [-0.05, 0) is 31.2 Å². The first kappa shape index (κ1) is 16.7. The van der Waals surface area contributed by atoms with E-state index in [1.54, 1.807) is 32.2 Å². The van der Waals surface area contributed by atoms with Crippen molar-refractivity contribution >= 4 is 32.9 Å².